The van der Waals surface area contributed by atoms with E-state index in [1.165, 1.54) is 16.6 Å². The molecule has 1 aromatic heterocycles. The Balaban J connectivity index is 1.63. The van der Waals surface area contributed by atoms with Gasteiger partial charge >= 0.3 is 0 Å². The summed E-state index contributed by atoms with van der Waals surface area (Å²) in [5.41, 5.74) is 1.05. The first-order chi connectivity index (χ1) is 14.5. The molecule has 3 rings (SSSR count). The number of hydrogen-bond donors (Lipinski definition) is 2. The van der Waals surface area contributed by atoms with Crippen molar-refractivity contribution in [2.45, 2.75) is 24.8 Å². The van der Waals surface area contributed by atoms with Crippen molar-refractivity contribution >= 4 is 27.7 Å². The molecule has 1 aliphatic rings. The Morgan fingerprint density at radius 3 is 2.70 bits per heavy atom. The zero-order chi connectivity index (χ0) is 21.6. The number of rotatable bonds is 9. The SMILES string of the molecule is CCCOc1ccc(CNC(=O)c2cc(S(=O)(=O)N3CCSCC3)c[nH]2)cc1OC. The number of methoxy groups -OCH3 is 1. The minimum Gasteiger partial charge on any atom is -0.493 e. The second-order valence-electron chi connectivity index (χ2n) is 6.78. The normalized spacial score (nSPS) is 15.0. The maximum atomic E-state index is 12.7. The van der Waals surface area contributed by atoms with E-state index in [1.807, 2.05) is 25.1 Å². The van der Waals surface area contributed by atoms with Gasteiger partial charge in [-0.25, -0.2) is 8.42 Å². The Morgan fingerprint density at radius 2 is 2.00 bits per heavy atom. The summed E-state index contributed by atoms with van der Waals surface area (Å²) >= 11 is 1.74. The molecule has 0 unspecified atom stereocenters. The van der Waals surface area contributed by atoms with Gasteiger partial charge in [0, 0.05) is 37.3 Å². The largest absolute Gasteiger partial charge is 0.493 e. The average Bonchev–Trinajstić information content (AvgIpc) is 3.28. The highest BCUT2D eigenvalue weighted by Gasteiger charge is 2.27. The molecule has 0 radical (unpaired) electrons. The molecular weight excluding hydrogens is 426 g/mol. The van der Waals surface area contributed by atoms with E-state index < -0.39 is 10.0 Å². The summed E-state index contributed by atoms with van der Waals surface area (Å²) in [6, 6.07) is 6.86. The van der Waals surface area contributed by atoms with Crippen LogP contribution in [0.25, 0.3) is 0 Å². The number of benzene rings is 1. The van der Waals surface area contributed by atoms with Crippen molar-refractivity contribution in [1.29, 1.82) is 0 Å². The summed E-state index contributed by atoms with van der Waals surface area (Å²) < 4.78 is 37.9. The first-order valence-electron chi connectivity index (χ1n) is 9.80. The van der Waals surface area contributed by atoms with Gasteiger partial charge in [-0.2, -0.15) is 16.1 Å². The number of hydrogen-bond acceptors (Lipinski definition) is 6. The fourth-order valence-corrected chi connectivity index (χ4v) is 5.59. The first-order valence-corrected chi connectivity index (χ1v) is 12.4. The van der Waals surface area contributed by atoms with Crippen molar-refractivity contribution in [2.24, 2.45) is 0 Å². The van der Waals surface area contributed by atoms with Gasteiger partial charge < -0.3 is 19.8 Å². The lowest BCUT2D eigenvalue weighted by molar-refractivity contribution is 0.0946. The lowest BCUT2D eigenvalue weighted by Gasteiger charge is -2.24. The van der Waals surface area contributed by atoms with E-state index in [9.17, 15) is 13.2 Å². The van der Waals surface area contributed by atoms with E-state index in [2.05, 4.69) is 10.3 Å². The van der Waals surface area contributed by atoms with Crippen molar-refractivity contribution in [3.8, 4) is 11.5 Å². The van der Waals surface area contributed by atoms with Gasteiger partial charge in [-0.1, -0.05) is 13.0 Å². The van der Waals surface area contributed by atoms with Crippen LogP contribution in [0.4, 0.5) is 0 Å². The van der Waals surface area contributed by atoms with Crippen LogP contribution >= 0.6 is 11.8 Å². The van der Waals surface area contributed by atoms with Crippen molar-refractivity contribution < 1.29 is 22.7 Å². The lowest BCUT2D eigenvalue weighted by atomic mass is 10.2. The van der Waals surface area contributed by atoms with Gasteiger partial charge in [-0.05, 0) is 30.2 Å². The van der Waals surface area contributed by atoms with Gasteiger partial charge in [0.25, 0.3) is 5.91 Å². The average molecular weight is 454 g/mol. The second kappa shape index (κ2) is 10.2. The molecule has 1 fully saturated rings. The molecule has 0 spiro atoms. The van der Waals surface area contributed by atoms with E-state index in [1.54, 1.807) is 18.9 Å². The Kier molecular flexibility index (Phi) is 7.68. The van der Waals surface area contributed by atoms with Gasteiger partial charge in [0.2, 0.25) is 10.0 Å². The van der Waals surface area contributed by atoms with E-state index in [0.717, 1.165) is 23.5 Å². The molecule has 164 valence electrons. The van der Waals surface area contributed by atoms with Crippen LogP contribution in [0.2, 0.25) is 0 Å². The summed E-state index contributed by atoms with van der Waals surface area (Å²) in [7, 11) is -2.02. The predicted molar refractivity (Wildman–Crippen MR) is 117 cm³/mol. The topological polar surface area (TPSA) is 101 Å². The van der Waals surface area contributed by atoms with Crippen LogP contribution in [0.5, 0.6) is 11.5 Å². The highest BCUT2D eigenvalue weighted by atomic mass is 32.2. The molecule has 8 nitrogen and oxygen atoms in total. The third-order valence-electron chi connectivity index (χ3n) is 4.65. The molecule has 1 amide bonds. The molecule has 0 aliphatic carbocycles. The number of amides is 1. The third kappa shape index (κ3) is 5.30. The number of carbonyl (C=O) groups is 1. The zero-order valence-corrected chi connectivity index (χ0v) is 18.8. The summed E-state index contributed by atoms with van der Waals surface area (Å²) in [4.78, 5) is 15.4. The minimum atomic E-state index is -3.59. The number of sulfonamides is 1. The summed E-state index contributed by atoms with van der Waals surface area (Å²) in [6.45, 7) is 3.87. The Hall–Kier alpha value is -2.17. The number of aromatic amines is 1. The molecule has 10 heteroatoms. The number of thioether (sulfide) groups is 1. The Labute approximate surface area is 181 Å². The summed E-state index contributed by atoms with van der Waals surface area (Å²) in [6.07, 6.45) is 2.26. The van der Waals surface area contributed by atoms with E-state index in [-0.39, 0.29) is 23.0 Å². The summed E-state index contributed by atoms with van der Waals surface area (Å²) in [5.74, 6) is 2.44. The lowest BCUT2D eigenvalue weighted by Crippen LogP contribution is -2.37. The molecule has 2 N–H and O–H groups in total. The Morgan fingerprint density at radius 1 is 1.23 bits per heavy atom. The van der Waals surface area contributed by atoms with Crippen LogP contribution in [0.15, 0.2) is 35.4 Å². The van der Waals surface area contributed by atoms with Gasteiger partial charge in [-0.15, -0.1) is 0 Å². The molecule has 0 bridgehead atoms. The smallest absolute Gasteiger partial charge is 0.268 e. The van der Waals surface area contributed by atoms with Crippen LogP contribution < -0.4 is 14.8 Å². The molecule has 1 saturated heterocycles. The number of aromatic nitrogens is 1. The molecule has 2 aromatic rings. The van der Waals surface area contributed by atoms with Crippen molar-refractivity contribution in [1.82, 2.24) is 14.6 Å². The molecule has 1 aromatic carbocycles. The third-order valence-corrected chi connectivity index (χ3v) is 7.47. The Bertz CT molecular complexity index is 969. The fraction of sp³-hybridized carbons (Fsp3) is 0.450. The predicted octanol–water partition coefficient (Wildman–Crippen LogP) is 2.48. The van der Waals surface area contributed by atoms with Crippen molar-refractivity contribution in [2.75, 3.05) is 38.3 Å². The number of nitrogens with one attached hydrogen (secondary N) is 2. The number of H-pyrrole nitrogens is 1. The van der Waals surface area contributed by atoms with Crippen molar-refractivity contribution in [3.63, 3.8) is 0 Å². The maximum absolute atomic E-state index is 12.7. The van der Waals surface area contributed by atoms with Crippen LogP contribution in [0.3, 0.4) is 0 Å². The molecule has 0 saturated carbocycles. The molecule has 30 heavy (non-hydrogen) atoms. The number of ether oxygens (including phenoxy) is 2. The van der Waals surface area contributed by atoms with Crippen LogP contribution in [-0.4, -0.2) is 61.9 Å². The first kappa shape index (κ1) is 22.5. The quantitative estimate of drug-likeness (QED) is 0.605. The van der Waals surface area contributed by atoms with Crippen LogP contribution in [0, 0.1) is 0 Å². The van der Waals surface area contributed by atoms with E-state index >= 15 is 0 Å². The fourth-order valence-electron chi connectivity index (χ4n) is 3.02. The molecular formula is C20H27N3O5S2. The molecule has 0 atom stereocenters. The van der Waals surface area contributed by atoms with Crippen LogP contribution in [0.1, 0.15) is 29.4 Å². The number of carbonyl (C=O) groups excluding carboxylic acids is 1. The number of nitrogens with zero attached hydrogens (tertiary/aromatic N) is 1. The van der Waals surface area contributed by atoms with E-state index in [0.29, 0.717) is 31.2 Å². The van der Waals surface area contributed by atoms with Gasteiger partial charge in [0.15, 0.2) is 11.5 Å². The van der Waals surface area contributed by atoms with Gasteiger partial charge in [0.05, 0.1) is 13.7 Å². The minimum absolute atomic E-state index is 0.110. The van der Waals surface area contributed by atoms with Crippen molar-refractivity contribution in [3.05, 3.63) is 41.7 Å². The standard InChI is InChI=1S/C20H27N3O5S2/c1-3-8-28-18-5-4-15(11-19(18)27-2)13-22-20(24)17-12-16(14-21-17)30(25,26)23-6-9-29-10-7-23/h4-5,11-12,14,21H,3,6-10,13H2,1-2H3,(H,22,24). The molecule has 1 aliphatic heterocycles. The highest BCUT2D eigenvalue weighted by Crippen LogP contribution is 2.28. The summed E-state index contributed by atoms with van der Waals surface area (Å²) in [5, 5.41) is 2.80. The van der Waals surface area contributed by atoms with E-state index in [4.69, 9.17) is 9.47 Å². The zero-order valence-electron chi connectivity index (χ0n) is 17.1. The monoisotopic (exact) mass is 453 g/mol. The highest BCUT2D eigenvalue weighted by molar-refractivity contribution is 7.99. The van der Waals surface area contributed by atoms with Gasteiger partial charge in [0.1, 0.15) is 10.6 Å². The maximum Gasteiger partial charge on any atom is 0.268 e. The second-order valence-corrected chi connectivity index (χ2v) is 9.94. The van der Waals surface area contributed by atoms with Gasteiger partial charge in [-0.3, -0.25) is 4.79 Å². The van der Waals surface area contributed by atoms with Crippen LogP contribution in [-0.2, 0) is 16.6 Å². The molecule has 2 heterocycles.